The molecule has 7 heteroatoms. The third-order valence-electron chi connectivity index (χ3n) is 1.87. The molecule has 0 spiro atoms. The van der Waals surface area contributed by atoms with Crippen LogP contribution < -0.4 is 0 Å². The lowest BCUT2D eigenvalue weighted by molar-refractivity contribution is -0.384. The Kier molecular flexibility index (Phi) is 4.01. The van der Waals surface area contributed by atoms with Crippen molar-refractivity contribution in [2.24, 2.45) is 0 Å². The first-order valence-corrected chi connectivity index (χ1v) is 4.94. The molecule has 0 aliphatic rings. The minimum absolute atomic E-state index is 0.0239. The van der Waals surface area contributed by atoms with Gasteiger partial charge in [0.2, 0.25) is 0 Å². The van der Waals surface area contributed by atoms with Crippen LogP contribution in [0.2, 0.25) is 5.02 Å². The van der Waals surface area contributed by atoms with Gasteiger partial charge in [-0.05, 0) is 13.0 Å². The van der Waals surface area contributed by atoms with Gasteiger partial charge in [-0.15, -0.1) is 0 Å². The monoisotopic (exact) mass is 254 g/mol. The van der Waals surface area contributed by atoms with Crippen molar-refractivity contribution in [3.05, 3.63) is 38.4 Å². The second-order valence-corrected chi connectivity index (χ2v) is 3.32. The highest BCUT2D eigenvalue weighted by atomic mass is 35.5. The number of rotatable bonds is 3. The Labute approximate surface area is 102 Å². The standard InChI is InChI=1S/C10H7ClN2O4/c1-2-17-10(14)7-3-6(5-12)4-8(9(7)11)13(15)16/h3-4H,2H2,1H3. The van der Waals surface area contributed by atoms with E-state index in [0.29, 0.717) is 0 Å². The summed E-state index contributed by atoms with van der Waals surface area (Å²) in [7, 11) is 0. The number of nitro benzene ring substituents is 1. The van der Waals surface area contributed by atoms with Crippen LogP contribution in [0.1, 0.15) is 22.8 Å². The molecule has 0 aromatic heterocycles. The first-order valence-electron chi connectivity index (χ1n) is 4.56. The predicted molar refractivity (Wildman–Crippen MR) is 58.8 cm³/mol. The van der Waals surface area contributed by atoms with Gasteiger partial charge in [-0.25, -0.2) is 4.79 Å². The quantitative estimate of drug-likeness (QED) is 0.469. The van der Waals surface area contributed by atoms with Gasteiger partial charge in [-0.3, -0.25) is 10.1 Å². The molecule has 88 valence electrons. The molecule has 0 atom stereocenters. The van der Waals surface area contributed by atoms with Crippen LogP contribution in [0.15, 0.2) is 12.1 Å². The van der Waals surface area contributed by atoms with Crippen LogP contribution in [0, 0.1) is 21.4 Å². The summed E-state index contributed by atoms with van der Waals surface area (Å²) in [6.45, 7) is 1.70. The lowest BCUT2D eigenvalue weighted by atomic mass is 10.1. The lowest BCUT2D eigenvalue weighted by Crippen LogP contribution is -2.07. The van der Waals surface area contributed by atoms with E-state index in [4.69, 9.17) is 16.9 Å². The Morgan fingerprint density at radius 3 is 2.76 bits per heavy atom. The summed E-state index contributed by atoms with van der Waals surface area (Å²) in [6, 6.07) is 3.88. The van der Waals surface area contributed by atoms with Crippen LogP contribution in [0.4, 0.5) is 5.69 Å². The van der Waals surface area contributed by atoms with E-state index in [1.165, 1.54) is 0 Å². The number of nitro groups is 1. The Bertz CT molecular complexity index is 522. The number of carbonyl (C=O) groups is 1. The summed E-state index contributed by atoms with van der Waals surface area (Å²) < 4.78 is 4.69. The van der Waals surface area contributed by atoms with Crippen molar-refractivity contribution >= 4 is 23.3 Å². The Morgan fingerprint density at radius 1 is 1.65 bits per heavy atom. The van der Waals surface area contributed by atoms with E-state index in [9.17, 15) is 14.9 Å². The molecule has 0 amide bonds. The van der Waals surface area contributed by atoms with Crippen molar-refractivity contribution in [1.82, 2.24) is 0 Å². The van der Waals surface area contributed by atoms with Gasteiger partial charge >= 0.3 is 5.97 Å². The summed E-state index contributed by atoms with van der Waals surface area (Å²) in [5.74, 6) is -0.794. The molecule has 0 radical (unpaired) electrons. The van der Waals surface area contributed by atoms with E-state index in [-0.39, 0.29) is 22.8 Å². The topological polar surface area (TPSA) is 93.2 Å². The van der Waals surface area contributed by atoms with E-state index in [1.54, 1.807) is 13.0 Å². The molecule has 6 nitrogen and oxygen atoms in total. The van der Waals surface area contributed by atoms with Crippen molar-refractivity contribution in [3.63, 3.8) is 0 Å². The SMILES string of the molecule is CCOC(=O)c1cc(C#N)cc([N+](=O)[O-])c1Cl. The fourth-order valence-corrected chi connectivity index (χ4v) is 1.42. The number of nitriles is 1. The third-order valence-corrected chi connectivity index (χ3v) is 2.27. The second kappa shape index (κ2) is 5.27. The molecule has 0 saturated carbocycles. The van der Waals surface area contributed by atoms with Crippen LogP contribution >= 0.6 is 11.6 Å². The molecular weight excluding hydrogens is 248 g/mol. The Hall–Kier alpha value is -2.13. The summed E-state index contributed by atoms with van der Waals surface area (Å²) >= 11 is 5.71. The van der Waals surface area contributed by atoms with E-state index < -0.39 is 16.6 Å². The van der Waals surface area contributed by atoms with Crippen LogP contribution in [0.25, 0.3) is 0 Å². The molecule has 0 aliphatic carbocycles. The molecule has 1 aromatic carbocycles. The zero-order valence-electron chi connectivity index (χ0n) is 8.77. The maximum Gasteiger partial charge on any atom is 0.339 e. The van der Waals surface area contributed by atoms with E-state index in [2.05, 4.69) is 4.74 Å². The summed E-state index contributed by atoms with van der Waals surface area (Å²) in [5, 5.41) is 19.1. The van der Waals surface area contributed by atoms with Gasteiger partial charge < -0.3 is 4.74 Å². The number of hydrogen-bond acceptors (Lipinski definition) is 5. The molecule has 0 aliphatic heterocycles. The van der Waals surface area contributed by atoms with Gasteiger partial charge in [0.1, 0.15) is 5.02 Å². The molecule has 0 N–H and O–H groups in total. The van der Waals surface area contributed by atoms with Gasteiger partial charge in [0, 0.05) is 6.07 Å². The van der Waals surface area contributed by atoms with Gasteiger partial charge in [-0.1, -0.05) is 11.6 Å². The second-order valence-electron chi connectivity index (χ2n) is 2.95. The summed E-state index contributed by atoms with van der Waals surface area (Å²) in [5.41, 5.74) is -0.697. The summed E-state index contributed by atoms with van der Waals surface area (Å²) in [6.07, 6.45) is 0. The van der Waals surface area contributed by atoms with Gasteiger partial charge in [0.25, 0.3) is 5.69 Å². The first-order chi connectivity index (χ1) is 8.01. The lowest BCUT2D eigenvalue weighted by Gasteiger charge is -2.04. The van der Waals surface area contributed by atoms with Crippen molar-refractivity contribution in [1.29, 1.82) is 5.26 Å². The number of esters is 1. The number of halogens is 1. The van der Waals surface area contributed by atoms with E-state index in [0.717, 1.165) is 12.1 Å². The zero-order chi connectivity index (χ0) is 13.0. The minimum Gasteiger partial charge on any atom is -0.462 e. The molecule has 0 saturated heterocycles. The average molecular weight is 255 g/mol. The maximum atomic E-state index is 11.5. The number of nitrogens with zero attached hydrogens (tertiary/aromatic N) is 2. The van der Waals surface area contributed by atoms with Crippen LogP contribution in [0.3, 0.4) is 0 Å². The first kappa shape index (κ1) is 12.9. The molecule has 0 bridgehead atoms. The largest absolute Gasteiger partial charge is 0.462 e. The van der Waals surface area contributed by atoms with Crippen molar-refractivity contribution in [2.75, 3.05) is 6.61 Å². The van der Waals surface area contributed by atoms with Gasteiger partial charge in [0.15, 0.2) is 0 Å². The molecule has 1 aromatic rings. The van der Waals surface area contributed by atoms with Crippen LogP contribution in [-0.2, 0) is 4.74 Å². The molecule has 1 rings (SSSR count). The maximum absolute atomic E-state index is 11.5. The highest BCUT2D eigenvalue weighted by Crippen LogP contribution is 2.30. The molecule has 0 unspecified atom stereocenters. The summed E-state index contributed by atoms with van der Waals surface area (Å²) in [4.78, 5) is 21.4. The van der Waals surface area contributed by atoms with Crippen molar-refractivity contribution in [2.45, 2.75) is 6.92 Å². The molecule has 17 heavy (non-hydrogen) atoms. The molecular formula is C10H7ClN2O4. The number of ether oxygens (including phenoxy) is 1. The normalized spacial score (nSPS) is 9.47. The van der Waals surface area contributed by atoms with Crippen LogP contribution in [-0.4, -0.2) is 17.5 Å². The minimum atomic E-state index is -0.794. The van der Waals surface area contributed by atoms with Crippen LogP contribution in [0.5, 0.6) is 0 Å². The van der Waals surface area contributed by atoms with Crippen molar-refractivity contribution in [3.8, 4) is 6.07 Å². The highest BCUT2D eigenvalue weighted by molar-refractivity contribution is 6.35. The number of benzene rings is 1. The molecule has 0 fully saturated rings. The average Bonchev–Trinajstić information content (AvgIpc) is 2.29. The fraction of sp³-hybridized carbons (Fsp3) is 0.200. The highest BCUT2D eigenvalue weighted by Gasteiger charge is 2.22. The van der Waals surface area contributed by atoms with Gasteiger partial charge in [0.05, 0.1) is 28.7 Å². The fourth-order valence-electron chi connectivity index (χ4n) is 1.16. The molecule has 0 heterocycles. The van der Waals surface area contributed by atoms with E-state index >= 15 is 0 Å². The Balaban J connectivity index is 3.40. The smallest absolute Gasteiger partial charge is 0.339 e. The van der Waals surface area contributed by atoms with E-state index in [1.807, 2.05) is 0 Å². The number of hydrogen-bond donors (Lipinski definition) is 0. The van der Waals surface area contributed by atoms with Gasteiger partial charge in [-0.2, -0.15) is 5.26 Å². The predicted octanol–water partition coefficient (Wildman–Crippen LogP) is 2.30. The number of carbonyl (C=O) groups excluding carboxylic acids is 1. The zero-order valence-corrected chi connectivity index (χ0v) is 9.52. The third kappa shape index (κ3) is 2.71. The van der Waals surface area contributed by atoms with Crippen molar-refractivity contribution < 1.29 is 14.5 Å². The Morgan fingerprint density at radius 2 is 2.29 bits per heavy atom.